The predicted octanol–water partition coefficient (Wildman–Crippen LogP) is 4.54. The summed E-state index contributed by atoms with van der Waals surface area (Å²) in [5.41, 5.74) is 1.01. The summed E-state index contributed by atoms with van der Waals surface area (Å²) in [6.45, 7) is 4.15. The van der Waals surface area contributed by atoms with Crippen LogP contribution in [0.15, 0.2) is 54.6 Å². The average Bonchev–Trinajstić information content (AvgIpc) is 3.35. The molecule has 0 saturated carbocycles. The second-order valence-electron chi connectivity index (χ2n) is 10.9. The zero-order chi connectivity index (χ0) is 30.3. The predicted molar refractivity (Wildman–Crippen MR) is 149 cm³/mol. The SMILES string of the molecule is CC(C)[C@H](CC(=O)[C@@H](NC(=O)[C@H](Cc1cccc(Cl)c1)NC(=O)C1CCN(C)C1)c1ccccc1)C(=O)C(F)(F)F. The molecule has 2 aromatic carbocycles. The third-order valence-corrected chi connectivity index (χ3v) is 7.54. The highest BCUT2D eigenvalue weighted by Crippen LogP contribution is 2.30. The summed E-state index contributed by atoms with van der Waals surface area (Å²) in [4.78, 5) is 54.4. The van der Waals surface area contributed by atoms with Gasteiger partial charge in [0, 0.05) is 30.3 Å². The van der Waals surface area contributed by atoms with E-state index in [1.54, 1.807) is 54.6 Å². The van der Waals surface area contributed by atoms with E-state index in [-0.39, 0.29) is 18.2 Å². The Kier molecular flexibility index (Phi) is 11.1. The van der Waals surface area contributed by atoms with E-state index in [0.717, 1.165) is 6.54 Å². The molecule has 2 aromatic rings. The van der Waals surface area contributed by atoms with Crippen molar-refractivity contribution in [2.75, 3.05) is 20.1 Å². The Morgan fingerprint density at radius 1 is 1.02 bits per heavy atom. The number of nitrogens with one attached hydrogen (secondary N) is 2. The molecule has 0 aromatic heterocycles. The first kappa shape index (κ1) is 32.3. The topological polar surface area (TPSA) is 95.6 Å². The molecule has 1 aliphatic rings. The molecule has 1 aliphatic heterocycles. The van der Waals surface area contributed by atoms with Gasteiger partial charge in [-0.3, -0.25) is 19.2 Å². The number of amides is 2. The van der Waals surface area contributed by atoms with E-state index in [2.05, 4.69) is 10.6 Å². The van der Waals surface area contributed by atoms with Crippen LogP contribution in [0.1, 0.15) is 43.9 Å². The Hall–Kier alpha value is -3.24. The number of ketones is 2. The molecule has 0 bridgehead atoms. The highest BCUT2D eigenvalue weighted by molar-refractivity contribution is 6.30. The molecule has 1 heterocycles. The number of hydrogen-bond donors (Lipinski definition) is 2. The van der Waals surface area contributed by atoms with Crippen LogP contribution in [0.25, 0.3) is 0 Å². The third kappa shape index (κ3) is 9.13. The quantitative estimate of drug-likeness (QED) is 0.377. The van der Waals surface area contributed by atoms with E-state index in [0.29, 0.717) is 29.1 Å². The summed E-state index contributed by atoms with van der Waals surface area (Å²) in [6.07, 6.45) is -5.11. The summed E-state index contributed by atoms with van der Waals surface area (Å²) < 4.78 is 39.8. The standard InChI is InChI=1S/C30H35ClF3N3O4/c1-18(2)23(27(39)30(32,33)34)16-25(38)26(20-9-5-4-6-10-20)36-29(41)24(15-19-8-7-11-22(31)14-19)35-28(40)21-12-13-37(3)17-21/h4-11,14,18,21,23-24,26H,12-13,15-17H2,1-3H3,(H,35,40)(H,36,41)/t21?,23-,24-,26-/m0/s1. The van der Waals surface area contributed by atoms with E-state index >= 15 is 0 Å². The molecule has 2 amide bonds. The van der Waals surface area contributed by atoms with Gasteiger partial charge >= 0.3 is 6.18 Å². The number of rotatable bonds is 12. The molecule has 11 heteroatoms. The van der Waals surface area contributed by atoms with Crippen molar-refractivity contribution in [2.24, 2.45) is 17.8 Å². The highest BCUT2D eigenvalue weighted by Gasteiger charge is 2.45. The van der Waals surface area contributed by atoms with E-state index in [4.69, 9.17) is 11.6 Å². The lowest BCUT2D eigenvalue weighted by Crippen LogP contribution is -2.51. The molecule has 222 valence electrons. The maximum absolute atomic E-state index is 13.7. The number of hydrogen-bond acceptors (Lipinski definition) is 5. The van der Waals surface area contributed by atoms with Crippen LogP contribution in [0.5, 0.6) is 0 Å². The number of benzene rings is 2. The minimum atomic E-state index is -5.10. The Labute approximate surface area is 242 Å². The monoisotopic (exact) mass is 593 g/mol. The van der Waals surface area contributed by atoms with Crippen LogP contribution in [-0.4, -0.2) is 60.6 Å². The van der Waals surface area contributed by atoms with Gasteiger partial charge in [0.1, 0.15) is 12.1 Å². The fourth-order valence-electron chi connectivity index (χ4n) is 4.96. The second-order valence-corrected chi connectivity index (χ2v) is 11.3. The van der Waals surface area contributed by atoms with Gasteiger partial charge in [-0.05, 0) is 49.2 Å². The summed E-state index contributed by atoms with van der Waals surface area (Å²) in [6, 6.07) is 12.4. The van der Waals surface area contributed by atoms with E-state index in [1.807, 2.05) is 11.9 Å². The lowest BCUT2D eigenvalue weighted by molar-refractivity contribution is -0.177. The van der Waals surface area contributed by atoms with Gasteiger partial charge in [-0.2, -0.15) is 13.2 Å². The molecule has 7 nitrogen and oxygen atoms in total. The minimum Gasteiger partial charge on any atom is -0.344 e. The van der Waals surface area contributed by atoms with Crippen LogP contribution < -0.4 is 10.6 Å². The van der Waals surface area contributed by atoms with Gasteiger partial charge in [-0.25, -0.2) is 0 Å². The van der Waals surface area contributed by atoms with Crippen molar-refractivity contribution < 1.29 is 32.3 Å². The molecular formula is C30H35ClF3N3O4. The van der Waals surface area contributed by atoms with Gasteiger partial charge in [-0.15, -0.1) is 0 Å². The first-order chi connectivity index (χ1) is 19.3. The summed E-state index contributed by atoms with van der Waals surface area (Å²) in [5, 5.41) is 5.90. The first-order valence-corrected chi connectivity index (χ1v) is 13.9. The largest absolute Gasteiger partial charge is 0.450 e. The van der Waals surface area contributed by atoms with Gasteiger partial charge in [0.05, 0.1) is 5.92 Å². The summed E-state index contributed by atoms with van der Waals surface area (Å²) in [7, 11) is 1.90. The zero-order valence-electron chi connectivity index (χ0n) is 23.2. The Bertz CT molecular complexity index is 1240. The van der Waals surface area contributed by atoms with Crippen molar-refractivity contribution in [1.29, 1.82) is 0 Å². The van der Waals surface area contributed by atoms with Gasteiger partial charge < -0.3 is 15.5 Å². The van der Waals surface area contributed by atoms with E-state index < -0.39 is 54.0 Å². The van der Waals surface area contributed by atoms with Crippen molar-refractivity contribution in [3.8, 4) is 0 Å². The minimum absolute atomic E-state index is 0.0670. The Morgan fingerprint density at radius 2 is 1.71 bits per heavy atom. The molecule has 2 N–H and O–H groups in total. The van der Waals surface area contributed by atoms with Gasteiger partial charge in [-0.1, -0.05) is 67.9 Å². The van der Waals surface area contributed by atoms with Crippen LogP contribution in [0.2, 0.25) is 5.02 Å². The number of halogens is 4. The van der Waals surface area contributed by atoms with Crippen molar-refractivity contribution in [2.45, 2.75) is 51.4 Å². The van der Waals surface area contributed by atoms with Gasteiger partial charge in [0.15, 0.2) is 5.78 Å². The molecule has 1 unspecified atom stereocenters. The Balaban J connectivity index is 1.88. The maximum atomic E-state index is 13.7. The fraction of sp³-hybridized carbons (Fsp3) is 0.467. The zero-order valence-corrected chi connectivity index (χ0v) is 24.0. The smallest absolute Gasteiger partial charge is 0.344 e. The number of Topliss-reactive ketones (excluding diaryl/α,β-unsaturated/α-hetero) is 2. The molecule has 4 atom stereocenters. The molecular weight excluding hydrogens is 559 g/mol. The van der Waals surface area contributed by atoms with Crippen LogP contribution >= 0.6 is 11.6 Å². The summed E-state index contributed by atoms with van der Waals surface area (Å²) in [5.74, 6) is -6.41. The van der Waals surface area contributed by atoms with Crippen molar-refractivity contribution in [1.82, 2.24) is 15.5 Å². The number of carbonyl (C=O) groups is 4. The van der Waals surface area contributed by atoms with Crippen LogP contribution in [0, 0.1) is 17.8 Å². The van der Waals surface area contributed by atoms with Crippen molar-refractivity contribution in [3.63, 3.8) is 0 Å². The van der Waals surface area contributed by atoms with E-state index in [9.17, 15) is 32.3 Å². The molecule has 3 rings (SSSR count). The Morgan fingerprint density at radius 3 is 2.27 bits per heavy atom. The van der Waals surface area contributed by atoms with Gasteiger partial charge in [0.25, 0.3) is 0 Å². The lowest BCUT2D eigenvalue weighted by atomic mass is 9.84. The second kappa shape index (κ2) is 14.1. The highest BCUT2D eigenvalue weighted by atomic mass is 35.5. The molecule has 41 heavy (non-hydrogen) atoms. The van der Waals surface area contributed by atoms with Crippen LogP contribution in [0.4, 0.5) is 13.2 Å². The molecule has 1 saturated heterocycles. The number of carbonyl (C=O) groups excluding carboxylic acids is 4. The molecule has 0 spiro atoms. The molecule has 0 aliphatic carbocycles. The van der Waals surface area contributed by atoms with Crippen LogP contribution in [-0.2, 0) is 25.6 Å². The molecule has 1 fully saturated rings. The first-order valence-electron chi connectivity index (χ1n) is 13.5. The van der Waals surface area contributed by atoms with Crippen LogP contribution in [0.3, 0.4) is 0 Å². The maximum Gasteiger partial charge on any atom is 0.450 e. The van der Waals surface area contributed by atoms with E-state index in [1.165, 1.54) is 13.8 Å². The number of nitrogens with zero attached hydrogens (tertiary/aromatic N) is 1. The van der Waals surface area contributed by atoms with Gasteiger partial charge in [0.2, 0.25) is 17.6 Å². The third-order valence-electron chi connectivity index (χ3n) is 7.31. The normalized spacial score (nSPS) is 18.0. The number of alkyl halides is 3. The summed E-state index contributed by atoms with van der Waals surface area (Å²) >= 11 is 6.12. The van der Waals surface area contributed by atoms with Crippen molar-refractivity contribution >= 4 is 35.0 Å². The number of likely N-dealkylation sites (tertiary alicyclic amines) is 1. The van der Waals surface area contributed by atoms with Crippen molar-refractivity contribution in [3.05, 3.63) is 70.7 Å². The average molecular weight is 594 g/mol. The lowest BCUT2D eigenvalue weighted by Gasteiger charge is -2.26. The molecule has 0 radical (unpaired) electrons. The fourth-order valence-corrected chi connectivity index (χ4v) is 5.17.